The topological polar surface area (TPSA) is 59.1 Å². The Hall–Kier alpha value is -2.44. The van der Waals surface area contributed by atoms with Crippen molar-refractivity contribution < 1.29 is 12.8 Å². The summed E-state index contributed by atoms with van der Waals surface area (Å²) in [5, 5.41) is 0.594. The van der Waals surface area contributed by atoms with Crippen LogP contribution < -0.4 is 4.72 Å². The molecule has 1 heterocycles. The molecule has 4 nitrogen and oxygen atoms in total. The second-order valence-corrected chi connectivity index (χ2v) is 7.90. The maximum atomic E-state index is 13.0. The lowest BCUT2D eigenvalue weighted by molar-refractivity contribution is 0.599. The van der Waals surface area contributed by atoms with Crippen LogP contribution in [0.5, 0.6) is 0 Å². The summed E-state index contributed by atoms with van der Waals surface area (Å²) in [4.78, 5) is 4.23. The molecule has 0 aliphatic rings. The number of hydrogen-bond donors (Lipinski definition) is 1. The highest BCUT2D eigenvalue weighted by atomic mass is 35.5. The van der Waals surface area contributed by atoms with Gasteiger partial charge in [-0.3, -0.25) is 4.72 Å². The Morgan fingerprint density at radius 1 is 0.962 bits per heavy atom. The van der Waals surface area contributed by atoms with Crippen LogP contribution in [0.2, 0.25) is 5.02 Å². The van der Waals surface area contributed by atoms with E-state index in [1.165, 1.54) is 12.1 Å². The third kappa shape index (κ3) is 3.57. The number of hydrogen-bond acceptors (Lipinski definition) is 3. The van der Waals surface area contributed by atoms with Gasteiger partial charge in [0.2, 0.25) is 0 Å². The van der Waals surface area contributed by atoms with Crippen LogP contribution in [0.4, 0.5) is 10.2 Å². The van der Waals surface area contributed by atoms with E-state index in [0.29, 0.717) is 10.6 Å². The zero-order valence-electron chi connectivity index (χ0n) is 14.1. The summed E-state index contributed by atoms with van der Waals surface area (Å²) in [6, 6.07) is 12.0. The number of anilines is 1. The van der Waals surface area contributed by atoms with Crippen molar-refractivity contribution in [2.45, 2.75) is 18.7 Å². The molecule has 7 heteroatoms. The fraction of sp³-hybridized carbons (Fsp3) is 0.105. The van der Waals surface area contributed by atoms with E-state index in [4.69, 9.17) is 11.6 Å². The molecule has 2 aromatic carbocycles. The van der Waals surface area contributed by atoms with E-state index in [9.17, 15) is 12.8 Å². The molecule has 0 aliphatic heterocycles. The molecule has 26 heavy (non-hydrogen) atoms. The number of sulfonamides is 1. The maximum Gasteiger partial charge on any atom is 0.263 e. The Balaban J connectivity index is 1.99. The third-order valence-corrected chi connectivity index (χ3v) is 5.85. The molecule has 0 atom stereocenters. The molecule has 3 rings (SSSR count). The first kappa shape index (κ1) is 18.4. The van der Waals surface area contributed by atoms with Crippen molar-refractivity contribution in [2.75, 3.05) is 4.72 Å². The third-order valence-electron chi connectivity index (χ3n) is 4.16. The van der Waals surface area contributed by atoms with Gasteiger partial charge >= 0.3 is 0 Å². The van der Waals surface area contributed by atoms with Gasteiger partial charge < -0.3 is 0 Å². The van der Waals surface area contributed by atoms with Crippen molar-refractivity contribution in [3.05, 3.63) is 76.7 Å². The van der Waals surface area contributed by atoms with Crippen molar-refractivity contribution in [3.63, 3.8) is 0 Å². The van der Waals surface area contributed by atoms with Gasteiger partial charge in [0, 0.05) is 22.3 Å². The number of nitrogens with one attached hydrogen (secondary N) is 1. The molecule has 0 spiro atoms. The number of pyridine rings is 1. The Bertz CT molecular complexity index is 1070. The molecule has 3 aromatic rings. The van der Waals surface area contributed by atoms with Gasteiger partial charge in [-0.25, -0.2) is 17.8 Å². The first-order chi connectivity index (χ1) is 12.3. The lowest BCUT2D eigenvalue weighted by Crippen LogP contribution is -2.15. The first-order valence-electron chi connectivity index (χ1n) is 7.79. The van der Waals surface area contributed by atoms with E-state index in [-0.39, 0.29) is 10.7 Å². The van der Waals surface area contributed by atoms with Crippen LogP contribution in [-0.4, -0.2) is 13.4 Å². The Labute approximate surface area is 156 Å². The average molecular weight is 391 g/mol. The Kier molecular flexibility index (Phi) is 4.98. The zero-order chi connectivity index (χ0) is 18.9. The minimum Gasteiger partial charge on any atom is -0.263 e. The van der Waals surface area contributed by atoms with Crippen LogP contribution in [0.1, 0.15) is 11.1 Å². The van der Waals surface area contributed by atoms with E-state index in [0.717, 1.165) is 28.8 Å². The molecule has 0 unspecified atom stereocenters. The largest absolute Gasteiger partial charge is 0.263 e. The molecule has 134 valence electrons. The molecule has 0 aliphatic carbocycles. The standard InChI is InChI=1S/C19H16ClFN2O2S/c1-12-13(2)19(22-11-17(12)16-5-3-4-6-18(16)20)23-26(24,25)15-9-7-14(21)8-10-15/h3-11H,1-2H3,(H,22,23). The van der Waals surface area contributed by atoms with Crippen LogP contribution in [0.15, 0.2) is 59.6 Å². The van der Waals surface area contributed by atoms with E-state index < -0.39 is 15.8 Å². The summed E-state index contributed by atoms with van der Waals surface area (Å²) in [5.74, 6) is -0.277. The van der Waals surface area contributed by atoms with Crippen LogP contribution in [-0.2, 0) is 10.0 Å². The van der Waals surface area contributed by atoms with Crippen molar-refractivity contribution in [3.8, 4) is 11.1 Å². The van der Waals surface area contributed by atoms with Gasteiger partial charge in [0.05, 0.1) is 4.90 Å². The minimum atomic E-state index is -3.86. The minimum absolute atomic E-state index is 0.0343. The smallest absolute Gasteiger partial charge is 0.263 e. The highest BCUT2D eigenvalue weighted by Gasteiger charge is 2.18. The monoisotopic (exact) mass is 390 g/mol. The van der Waals surface area contributed by atoms with Crippen LogP contribution in [0.25, 0.3) is 11.1 Å². The fourth-order valence-electron chi connectivity index (χ4n) is 2.56. The SMILES string of the molecule is Cc1c(-c2ccccc2Cl)cnc(NS(=O)(=O)c2ccc(F)cc2)c1C. The van der Waals surface area contributed by atoms with E-state index in [1.807, 2.05) is 25.1 Å². The molecule has 0 amide bonds. The number of nitrogens with zero attached hydrogens (tertiary/aromatic N) is 1. The molecule has 0 fully saturated rings. The predicted molar refractivity (Wildman–Crippen MR) is 101 cm³/mol. The summed E-state index contributed by atoms with van der Waals surface area (Å²) < 4.78 is 40.5. The summed E-state index contributed by atoms with van der Waals surface area (Å²) in [6.45, 7) is 3.66. The quantitative estimate of drug-likeness (QED) is 0.685. The molecule has 0 radical (unpaired) electrons. The van der Waals surface area contributed by atoms with E-state index in [1.54, 1.807) is 19.2 Å². The molecular weight excluding hydrogens is 375 g/mol. The molecule has 0 saturated carbocycles. The normalized spacial score (nSPS) is 11.4. The Morgan fingerprint density at radius 3 is 2.27 bits per heavy atom. The average Bonchev–Trinajstić information content (AvgIpc) is 2.60. The van der Waals surface area contributed by atoms with Gasteiger partial charge in [-0.2, -0.15) is 0 Å². The molecular formula is C19H16ClFN2O2S. The van der Waals surface area contributed by atoms with Gasteiger partial charge in [0.25, 0.3) is 10.0 Å². The number of aromatic nitrogens is 1. The lowest BCUT2D eigenvalue weighted by Gasteiger charge is -2.15. The van der Waals surface area contributed by atoms with Gasteiger partial charge in [-0.05, 0) is 55.3 Å². The fourth-order valence-corrected chi connectivity index (χ4v) is 3.87. The van der Waals surface area contributed by atoms with Crippen LogP contribution in [0, 0.1) is 19.7 Å². The van der Waals surface area contributed by atoms with Crippen LogP contribution >= 0.6 is 11.6 Å². The van der Waals surface area contributed by atoms with E-state index in [2.05, 4.69) is 9.71 Å². The number of rotatable bonds is 4. The lowest BCUT2D eigenvalue weighted by atomic mass is 9.99. The van der Waals surface area contributed by atoms with Gasteiger partial charge in [0.15, 0.2) is 0 Å². The highest BCUT2D eigenvalue weighted by Crippen LogP contribution is 2.33. The summed E-state index contributed by atoms with van der Waals surface area (Å²) in [6.07, 6.45) is 1.59. The molecule has 1 aromatic heterocycles. The van der Waals surface area contributed by atoms with Gasteiger partial charge in [0.1, 0.15) is 11.6 Å². The summed E-state index contributed by atoms with van der Waals surface area (Å²) >= 11 is 6.25. The summed E-state index contributed by atoms with van der Waals surface area (Å²) in [7, 11) is -3.86. The Morgan fingerprint density at radius 2 is 1.62 bits per heavy atom. The van der Waals surface area contributed by atoms with Gasteiger partial charge in [-0.15, -0.1) is 0 Å². The predicted octanol–water partition coefficient (Wildman–Crippen LogP) is 4.96. The number of benzene rings is 2. The van der Waals surface area contributed by atoms with E-state index >= 15 is 0 Å². The number of halogens is 2. The van der Waals surface area contributed by atoms with Gasteiger partial charge in [-0.1, -0.05) is 29.8 Å². The van der Waals surface area contributed by atoms with Crippen LogP contribution in [0.3, 0.4) is 0 Å². The second-order valence-electron chi connectivity index (χ2n) is 5.81. The zero-order valence-corrected chi connectivity index (χ0v) is 15.7. The van der Waals surface area contributed by atoms with Crippen molar-refractivity contribution >= 4 is 27.4 Å². The van der Waals surface area contributed by atoms with Crippen molar-refractivity contribution in [2.24, 2.45) is 0 Å². The second kappa shape index (κ2) is 7.05. The molecule has 0 saturated heterocycles. The maximum absolute atomic E-state index is 13.0. The highest BCUT2D eigenvalue weighted by molar-refractivity contribution is 7.92. The molecule has 0 bridgehead atoms. The first-order valence-corrected chi connectivity index (χ1v) is 9.65. The summed E-state index contributed by atoms with van der Waals surface area (Å²) in [5.41, 5.74) is 3.21. The molecule has 1 N–H and O–H groups in total. The van der Waals surface area contributed by atoms with Crippen molar-refractivity contribution in [1.29, 1.82) is 0 Å². The van der Waals surface area contributed by atoms with Crippen molar-refractivity contribution in [1.82, 2.24) is 4.98 Å².